The molecule has 34 heavy (non-hydrogen) atoms. The molecule has 9 nitrogen and oxygen atoms in total. The average molecular weight is 488 g/mol. The molecular formula is C24H29N3O6S. The molecule has 0 fully saturated rings. The van der Waals surface area contributed by atoms with Crippen molar-refractivity contribution in [2.24, 2.45) is 0 Å². The van der Waals surface area contributed by atoms with Crippen molar-refractivity contribution in [1.82, 2.24) is 9.62 Å². The molecule has 0 amide bonds. The van der Waals surface area contributed by atoms with Gasteiger partial charge in [-0.25, -0.2) is 0 Å². The lowest BCUT2D eigenvalue weighted by Gasteiger charge is -2.24. The molecule has 0 radical (unpaired) electrons. The van der Waals surface area contributed by atoms with E-state index in [0.29, 0.717) is 12.1 Å². The standard InChI is InChI=1S/C24H29N3O6S/c1-27(2)34(32,33)26-22-13-18(7-12-24(22)31)23(15-28)25-14-21(16-3-8-19(29)9-4-16)17-5-10-20(30)11-6-17/h3-13,21,23,25-26,28-31H,14-15H2,1-2H3. The van der Waals surface area contributed by atoms with Crippen molar-refractivity contribution in [1.29, 1.82) is 0 Å². The fourth-order valence-electron chi connectivity index (χ4n) is 3.47. The molecule has 1 unspecified atom stereocenters. The fourth-order valence-corrected chi connectivity index (χ4v) is 4.10. The van der Waals surface area contributed by atoms with E-state index in [1.807, 2.05) is 0 Å². The molecule has 0 aliphatic rings. The predicted octanol–water partition coefficient (Wildman–Crippen LogP) is 2.48. The third kappa shape index (κ3) is 6.17. The zero-order chi connectivity index (χ0) is 24.9. The Kier molecular flexibility index (Phi) is 8.00. The number of rotatable bonds is 10. The highest BCUT2D eigenvalue weighted by Gasteiger charge is 2.20. The van der Waals surface area contributed by atoms with Gasteiger partial charge in [0.2, 0.25) is 0 Å². The molecule has 0 aliphatic heterocycles. The van der Waals surface area contributed by atoms with Gasteiger partial charge in [-0.1, -0.05) is 30.3 Å². The first kappa shape index (κ1) is 25.3. The van der Waals surface area contributed by atoms with Crippen molar-refractivity contribution in [3.8, 4) is 17.2 Å². The molecule has 0 aliphatic carbocycles. The maximum Gasteiger partial charge on any atom is 0.301 e. The summed E-state index contributed by atoms with van der Waals surface area (Å²) >= 11 is 0. The number of hydrogen-bond donors (Lipinski definition) is 6. The first-order chi connectivity index (χ1) is 16.1. The Balaban J connectivity index is 1.86. The lowest BCUT2D eigenvalue weighted by atomic mass is 9.90. The van der Waals surface area contributed by atoms with E-state index in [2.05, 4.69) is 10.0 Å². The third-order valence-electron chi connectivity index (χ3n) is 5.48. The highest BCUT2D eigenvalue weighted by atomic mass is 32.2. The van der Waals surface area contributed by atoms with Gasteiger partial charge in [0.1, 0.15) is 17.2 Å². The van der Waals surface area contributed by atoms with Crippen LogP contribution in [-0.2, 0) is 10.2 Å². The first-order valence-electron chi connectivity index (χ1n) is 10.6. The summed E-state index contributed by atoms with van der Waals surface area (Å²) in [6.45, 7) is 0.114. The van der Waals surface area contributed by atoms with Gasteiger partial charge >= 0.3 is 10.2 Å². The van der Waals surface area contributed by atoms with Crippen LogP contribution in [0.1, 0.15) is 28.7 Å². The Bertz CT molecular complexity index is 1150. The number of benzene rings is 3. The number of phenolic OH excluding ortho intramolecular Hbond substituents is 3. The van der Waals surface area contributed by atoms with Crippen LogP contribution in [0.25, 0.3) is 0 Å². The molecule has 3 aromatic carbocycles. The van der Waals surface area contributed by atoms with Crippen LogP contribution in [0.4, 0.5) is 5.69 Å². The van der Waals surface area contributed by atoms with E-state index in [1.54, 1.807) is 54.6 Å². The first-order valence-corrected chi connectivity index (χ1v) is 12.0. The number of aromatic hydroxyl groups is 3. The Morgan fingerprint density at radius 3 is 1.79 bits per heavy atom. The van der Waals surface area contributed by atoms with Gasteiger partial charge in [0.05, 0.1) is 18.3 Å². The van der Waals surface area contributed by atoms with Crippen LogP contribution >= 0.6 is 0 Å². The fraction of sp³-hybridized carbons (Fsp3) is 0.250. The number of hydrogen-bond acceptors (Lipinski definition) is 7. The second kappa shape index (κ2) is 10.7. The monoisotopic (exact) mass is 487 g/mol. The zero-order valence-electron chi connectivity index (χ0n) is 18.9. The van der Waals surface area contributed by atoms with Crippen molar-refractivity contribution in [2.75, 3.05) is 32.0 Å². The number of aliphatic hydroxyl groups is 1. The van der Waals surface area contributed by atoms with E-state index >= 15 is 0 Å². The van der Waals surface area contributed by atoms with Crippen LogP contribution in [0, 0.1) is 0 Å². The number of nitrogens with one attached hydrogen (secondary N) is 2. The van der Waals surface area contributed by atoms with Crippen molar-refractivity contribution in [2.45, 2.75) is 12.0 Å². The van der Waals surface area contributed by atoms with Crippen LogP contribution in [0.2, 0.25) is 0 Å². The normalized spacial score (nSPS) is 12.7. The topological polar surface area (TPSA) is 142 Å². The van der Waals surface area contributed by atoms with Gasteiger partial charge in [-0.2, -0.15) is 12.7 Å². The number of anilines is 1. The van der Waals surface area contributed by atoms with Crippen molar-refractivity contribution in [3.63, 3.8) is 0 Å². The van der Waals surface area contributed by atoms with E-state index in [9.17, 15) is 28.8 Å². The van der Waals surface area contributed by atoms with Crippen molar-refractivity contribution < 1.29 is 28.8 Å². The van der Waals surface area contributed by atoms with E-state index in [1.165, 1.54) is 26.2 Å². The van der Waals surface area contributed by atoms with Gasteiger partial charge in [0.15, 0.2) is 0 Å². The maximum absolute atomic E-state index is 12.2. The number of aliphatic hydroxyl groups excluding tert-OH is 1. The average Bonchev–Trinajstić information content (AvgIpc) is 2.80. The summed E-state index contributed by atoms with van der Waals surface area (Å²) < 4.78 is 27.7. The van der Waals surface area contributed by atoms with E-state index in [-0.39, 0.29) is 35.5 Å². The smallest absolute Gasteiger partial charge is 0.301 e. The van der Waals surface area contributed by atoms with Crippen LogP contribution in [0.3, 0.4) is 0 Å². The highest BCUT2D eigenvalue weighted by Crippen LogP contribution is 2.30. The molecule has 182 valence electrons. The molecule has 0 aromatic heterocycles. The molecule has 0 heterocycles. The third-order valence-corrected chi connectivity index (χ3v) is 6.92. The van der Waals surface area contributed by atoms with Crippen molar-refractivity contribution in [3.05, 3.63) is 83.4 Å². The van der Waals surface area contributed by atoms with Crippen LogP contribution in [0.5, 0.6) is 17.2 Å². The van der Waals surface area contributed by atoms with Gasteiger partial charge in [-0.05, 0) is 53.1 Å². The molecule has 3 aromatic rings. The summed E-state index contributed by atoms with van der Waals surface area (Å²) in [5.41, 5.74) is 2.41. The molecule has 3 rings (SSSR count). The molecule has 0 saturated carbocycles. The molecule has 0 saturated heterocycles. The van der Waals surface area contributed by atoms with Crippen LogP contribution in [-0.4, -0.2) is 60.4 Å². The Labute approximate surface area is 199 Å². The van der Waals surface area contributed by atoms with E-state index < -0.39 is 16.3 Å². The number of nitrogens with zero attached hydrogens (tertiary/aromatic N) is 1. The lowest BCUT2D eigenvalue weighted by Crippen LogP contribution is -2.30. The molecular weight excluding hydrogens is 458 g/mol. The summed E-state index contributed by atoms with van der Waals surface area (Å²) in [6.07, 6.45) is 0. The zero-order valence-corrected chi connectivity index (χ0v) is 19.7. The number of phenols is 3. The van der Waals surface area contributed by atoms with E-state index in [0.717, 1.165) is 15.4 Å². The van der Waals surface area contributed by atoms with Gasteiger partial charge in [0, 0.05) is 26.6 Å². The minimum absolute atomic E-state index is 0.0000640. The van der Waals surface area contributed by atoms with Gasteiger partial charge in [0.25, 0.3) is 0 Å². The van der Waals surface area contributed by atoms with Gasteiger partial charge < -0.3 is 25.7 Å². The molecule has 10 heteroatoms. The van der Waals surface area contributed by atoms with E-state index in [4.69, 9.17) is 0 Å². The maximum atomic E-state index is 12.2. The molecule has 0 spiro atoms. The quantitative estimate of drug-likeness (QED) is 0.241. The minimum Gasteiger partial charge on any atom is -0.508 e. The van der Waals surface area contributed by atoms with Crippen LogP contribution < -0.4 is 10.0 Å². The Morgan fingerprint density at radius 2 is 1.32 bits per heavy atom. The van der Waals surface area contributed by atoms with Gasteiger partial charge in [-0.15, -0.1) is 0 Å². The highest BCUT2D eigenvalue weighted by molar-refractivity contribution is 7.90. The van der Waals surface area contributed by atoms with Crippen molar-refractivity contribution >= 4 is 15.9 Å². The SMILES string of the molecule is CN(C)S(=O)(=O)Nc1cc(C(CO)NCC(c2ccc(O)cc2)c2ccc(O)cc2)ccc1O. The largest absolute Gasteiger partial charge is 0.508 e. The summed E-state index contributed by atoms with van der Waals surface area (Å²) in [5.74, 6) is -0.117. The van der Waals surface area contributed by atoms with Gasteiger partial charge in [-0.3, -0.25) is 4.72 Å². The Morgan fingerprint density at radius 1 is 0.824 bits per heavy atom. The molecule has 1 atom stereocenters. The predicted molar refractivity (Wildman–Crippen MR) is 130 cm³/mol. The summed E-state index contributed by atoms with van der Waals surface area (Å²) in [7, 11) is -1.09. The molecule has 0 bridgehead atoms. The Hall–Kier alpha value is -3.31. The summed E-state index contributed by atoms with van der Waals surface area (Å²) in [5, 5.41) is 42.8. The second-order valence-corrected chi connectivity index (χ2v) is 9.93. The summed E-state index contributed by atoms with van der Waals surface area (Å²) in [4.78, 5) is 0. The summed E-state index contributed by atoms with van der Waals surface area (Å²) in [6, 6.07) is 17.5. The second-order valence-electron chi connectivity index (χ2n) is 8.05. The van der Waals surface area contributed by atoms with Crippen LogP contribution in [0.15, 0.2) is 66.7 Å². The lowest BCUT2D eigenvalue weighted by molar-refractivity contribution is 0.243. The minimum atomic E-state index is -3.83. The molecule has 6 N–H and O–H groups in total.